The third-order valence-electron chi connectivity index (χ3n) is 2.33. The Labute approximate surface area is 109 Å². The van der Waals surface area contributed by atoms with Gasteiger partial charge in [-0.15, -0.1) is 0 Å². The maximum Gasteiger partial charge on any atom is 0.458 e. The number of aromatic nitrogens is 1. The second kappa shape index (κ2) is 4.63. The van der Waals surface area contributed by atoms with Crippen molar-refractivity contribution in [2.75, 3.05) is 5.73 Å². The number of rotatable bonds is 2. The zero-order valence-corrected chi connectivity index (χ0v) is 9.46. The Kier molecular flexibility index (Phi) is 3.81. The third-order valence-corrected chi connectivity index (χ3v) is 2.33. The van der Waals surface area contributed by atoms with Crippen molar-refractivity contribution in [1.82, 2.24) is 4.98 Å². The quantitative estimate of drug-likeness (QED) is 0.834. The summed E-state index contributed by atoms with van der Waals surface area (Å²) in [6, 6.07) is -0.663. The summed E-state index contributed by atoms with van der Waals surface area (Å²) in [4.78, 5) is 2.56. The topological polar surface area (TPSA) is 38.9 Å². The van der Waals surface area contributed by atoms with Gasteiger partial charge in [0.1, 0.15) is 5.82 Å². The van der Waals surface area contributed by atoms with Crippen molar-refractivity contribution in [3.63, 3.8) is 0 Å². The second-order valence-electron chi connectivity index (χ2n) is 3.80. The number of hydrogen-bond donors (Lipinski definition) is 1. The summed E-state index contributed by atoms with van der Waals surface area (Å²) in [5, 5.41) is 0. The van der Waals surface area contributed by atoms with Gasteiger partial charge in [-0.2, -0.15) is 43.9 Å². The first kappa shape index (κ1) is 17.3. The minimum atomic E-state index is -6.24. The van der Waals surface area contributed by atoms with Gasteiger partial charge in [0.05, 0.1) is 5.56 Å². The van der Waals surface area contributed by atoms with E-state index in [1.54, 1.807) is 0 Å². The Morgan fingerprint density at radius 1 is 0.762 bits per heavy atom. The van der Waals surface area contributed by atoms with Crippen LogP contribution in [0.25, 0.3) is 0 Å². The highest BCUT2D eigenvalue weighted by Gasteiger charge is 2.62. The van der Waals surface area contributed by atoms with Crippen LogP contribution in [0.1, 0.15) is 11.1 Å². The molecule has 0 saturated heterocycles. The van der Waals surface area contributed by atoms with Crippen LogP contribution < -0.4 is 5.73 Å². The summed E-state index contributed by atoms with van der Waals surface area (Å²) in [6.07, 6.45) is -12.7. The van der Waals surface area contributed by atoms with Crippen LogP contribution in [0.15, 0.2) is 12.3 Å². The lowest BCUT2D eigenvalue weighted by Gasteiger charge is -2.24. The molecule has 0 aliphatic carbocycles. The fourth-order valence-electron chi connectivity index (χ4n) is 1.21. The molecule has 0 atom stereocenters. The minimum Gasteiger partial charge on any atom is -0.383 e. The number of alkyl halides is 10. The number of nitrogens with zero attached hydrogens (tertiary/aromatic N) is 1. The van der Waals surface area contributed by atoms with Crippen LogP contribution in [0.2, 0.25) is 0 Å². The second-order valence-corrected chi connectivity index (χ2v) is 3.80. The van der Waals surface area contributed by atoms with Gasteiger partial charge in [0.25, 0.3) is 0 Å². The molecule has 2 N–H and O–H groups in total. The highest BCUT2D eigenvalue weighted by atomic mass is 19.4. The molecule has 0 amide bonds. The van der Waals surface area contributed by atoms with Crippen LogP contribution in [0.3, 0.4) is 0 Å². The van der Waals surface area contributed by atoms with Crippen molar-refractivity contribution in [3.05, 3.63) is 23.4 Å². The highest BCUT2D eigenvalue weighted by molar-refractivity contribution is 5.45. The standard InChI is InChI=1S/C9H4F10N2/c10-6(11,8(14,15)16)3-1-4(5(20)21-2-3)7(12,13)9(17,18)19/h1-2H,(H2,20,21). The van der Waals surface area contributed by atoms with Crippen LogP contribution in [0, 0.1) is 0 Å². The van der Waals surface area contributed by atoms with E-state index in [1.807, 2.05) is 0 Å². The summed E-state index contributed by atoms with van der Waals surface area (Å²) in [7, 11) is 0. The van der Waals surface area contributed by atoms with E-state index < -0.39 is 47.2 Å². The van der Waals surface area contributed by atoms with E-state index in [0.717, 1.165) is 0 Å². The van der Waals surface area contributed by atoms with Crippen LogP contribution in [-0.4, -0.2) is 17.3 Å². The van der Waals surface area contributed by atoms with E-state index in [1.165, 1.54) is 0 Å². The summed E-state index contributed by atoms with van der Waals surface area (Å²) >= 11 is 0. The first-order chi connectivity index (χ1) is 9.12. The van der Waals surface area contributed by atoms with Crippen LogP contribution in [0.5, 0.6) is 0 Å². The van der Waals surface area contributed by atoms with Crippen molar-refractivity contribution >= 4 is 5.82 Å². The molecular formula is C9H4F10N2. The summed E-state index contributed by atoms with van der Waals surface area (Å²) < 4.78 is 124. The molecule has 1 heterocycles. The van der Waals surface area contributed by atoms with Crippen molar-refractivity contribution in [2.45, 2.75) is 24.2 Å². The molecular weight excluding hydrogens is 326 g/mol. The van der Waals surface area contributed by atoms with E-state index in [0.29, 0.717) is 0 Å². The molecule has 2 nitrogen and oxygen atoms in total. The van der Waals surface area contributed by atoms with Gasteiger partial charge < -0.3 is 5.73 Å². The Bertz CT molecular complexity index is 530. The molecule has 0 unspecified atom stereocenters. The van der Waals surface area contributed by atoms with Gasteiger partial charge in [0.2, 0.25) is 0 Å². The van der Waals surface area contributed by atoms with Crippen molar-refractivity contribution in [2.24, 2.45) is 0 Å². The molecule has 0 aromatic carbocycles. The van der Waals surface area contributed by atoms with Crippen LogP contribution in [0.4, 0.5) is 49.7 Å². The molecule has 0 aliphatic heterocycles. The lowest BCUT2D eigenvalue weighted by molar-refractivity contribution is -0.292. The summed E-state index contributed by atoms with van der Waals surface area (Å²) in [5.41, 5.74) is 0.249. The Balaban J connectivity index is 3.50. The monoisotopic (exact) mass is 330 g/mol. The molecule has 0 aliphatic rings. The molecule has 0 bridgehead atoms. The van der Waals surface area contributed by atoms with E-state index in [4.69, 9.17) is 5.73 Å². The van der Waals surface area contributed by atoms with Gasteiger partial charge in [0.15, 0.2) is 0 Å². The lowest BCUT2D eigenvalue weighted by Crippen LogP contribution is -2.37. The molecule has 12 heteroatoms. The largest absolute Gasteiger partial charge is 0.458 e. The van der Waals surface area contributed by atoms with E-state index in [2.05, 4.69) is 4.98 Å². The number of halogens is 10. The number of nitrogens with two attached hydrogens (primary N) is 1. The Morgan fingerprint density at radius 3 is 1.57 bits per heavy atom. The van der Waals surface area contributed by atoms with Crippen LogP contribution in [-0.2, 0) is 11.8 Å². The maximum absolute atomic E-state index is 13.0. The predicted molar refractivity (Wildman–Crippen MR) is 48.5 cm³/mol. The molecule has 0 spiro atoms. The number of pyridine rings is 1. The lowest BCUT2D eigenvalue weighted by atomic mass is 10.0. The normalized spacial score (nSPS) is 14.4. The number of hydrogen-bond acceptors (Lipinski definition) is 2. The molecule has 0 saturated carbocycles. The van der Waals surface area contributed by atoms with Gasteiger partial charge in [-0.1, -0.05) is 0 Å². The smallest absolute Gasteiger partial charge is 0.383 e. The van der Waals surface area contributed by atoms with Gasteiger partial charge in [0, 0.05) is 11.8 Å². The Hall–Kier alpha value is -1.75. The average molecular weight is 330 g/mol. The van der Waals surface area contributed by atoms with Crippen molar-refractivity contribution in [3.8, 4) is 0 Å². The minimum absolute atomic E-state index is 0.223. The van der Waals surface area contributed by atoms with Gasteiger partial charge >= 0.3 is 24.2 Å². The molecule has 1 rings (SSSR count). The van der Waals surface area contributed by atoms with Crippen molar-refractivity contribution < 1.29 is 43.9 Å². The maximum atomic E-state index is 13.0. The van der Waals surface area contributed by atoms with Gasteiger partial charge in [-0.25, -0.2) is 4.98 Å². The Morgan fingerprint density at radius 2 is 1.19 bits per heavy atom. The fraction of sp³-hybridized carbons (Fsp3) is 0.444. The molecule has 21 heavy (non-hydrogen) atoms. The fourth-order valence-corrected chi connectivity index (χ4v) is 1.21. The highest BCUT2D eigenvalue weighted by Crippen LogP contribution is 2.48. The van der Waals surface area contributed by atoms with Gasteiger partial charge in [-0.05, 0) is 6.07 Å². The summed E-state index contributed by atoms with van der Waals surface area (Å²) in [5.74, 6) is -12.9. The molecule has 0 radical (unpaired) electrons. The zero-order valence-electron chi connectivity index (χ0n) is 9.46. The van der Waals surface area contributed by atoms with Crippen molar-refractivity contribution in [1.29, 1.82) is 0 Å². The number of anilines is 1. The molecule has 120 valence electrons. The van der Waals surface area contributed by atoms with E-state index >= 15 is 0 Å². The zero-order chi connectivity index (χ0) is 16.9. The predicted octanol–water partition coefficient (Wildman–Crippen LogP) is 3.97. The number of nitrogen functional groups attached to an aromatic ring is 1. The molecule has 1 aromatic heterocycles. The third kappa shape index (κ3) is 2.83. The average Bonchev–Trinajstić information content (AvgIpc) is 2.25. The first-order valence-electron chi connectivity index (χ1n) is 4.78. The SMILES string of the molecule is Nc1ncc(C(F)(F)C(F)(F)F)cc1C(F)(F)C(F)(F)F. The first-order valence-corrected chi connectivity index (χ1v) is 4.78. The molecule has 0 fully saturated rings. The molecule has 1 aromatic rings. The van der Waals surface area contributed by atoms with Crippen LogP contribution >= 0.6 is 0 Å². The van der Waals surface area contributed by atoms with E-state index in [9.17, 15) is 43.9 Å². The van der Waals surface area contributed by atoms with E-state index in [-0.39, 0.29) is 6.20 Å². The summed E-state index contributed by atoms with van der Waals surface area (Å²) in [6.45, 7) is 0. The van der Waals surface area contributed by atoms with Gasteiger partial charge in [-0.3, -0.25) is 0 Å².